The van der Waals surface area contributed by atoms with E-state index < -0.39 is 21.8 Å². The number of sulfonamides is 1. The van der Waals surface area contributed by atoms with Crippen molar-refractivity contribution in [1.29, 1.82) is 0 Å². The number of hydrogen-bond acceptors (Lipinski definition) is 3. The first kappa shape index (κ1) is 16.7. The van der Waals surface area contributed by atoms with Crippen LogP contribution in [0.25, 0.3) is 0 Å². The maximum Gasteiger partial charge on any atom is 0.416 e. The molecule has 1 heterocycles. The summed E-state index contributed by atoms with van der Waals surface area (Å²) in [5.74, 6) is 0. The van der Waals surface area contributed by atoms with Crippen molar-refractivity contribution in [3.05, 3.63) is 28.2 Å². The average molecular weight is 387 g/mol. The molecule has 2 rings (SSSR count). The van der Waals surface area contributed by atoms with E-state index in [4.69, 9.17) is 0 Å². The monoisotopic (exact) mass is 386 g/mol. The van der Waals surface area contributed by atoms with Crippen molar-refractivity contribution in [3.63, 3.8) is 0 Å². The van der Waals surface area contributed by atoms with Gasteiger partial charge in [0, 0.05) is 30.1 Å². The Kier molecular flexibility index (Phi) is 4.67. The van der Waals surface area contributed by atoms with Crippen LogP contribution in [-0.2, 0) is 16.2 Å². The van der Waals surface area contributed by atoms with E-state index in [1.165, 1.54) is 10.4 Å². The Balaban J connectivity index is 2.47. The number of alkyl halides is 3. The van der Waals surface area contributed by atoms with Gasteiger partial charge in [-0.1, -0.05) is 15.9 Å². The summed E-state index contributed by atoms with van der Waals surface area (Å²) >= 11 is 2.94. The largest absolute Gasteiger partial charge is 0.416 e. The standard InChI is InChI=1S/C12H14BrF3N2O2S/c1-8-7-17-2-3-18(8)21(19,20)11-5-9(12(14,15)16)4-10(13)6-11/h4-6,8,17H,2-3,7H2,1H3. The van der Waals surface area contributed by atoms with Crippen LogP contribution < -0.4 is 5.32 Å². The van der Waals surface area contributed by atoms with E-state index in [9.17, 15) is 21.6 Å². The van der Waals surface area contributed by atoms with Gasteiger partial charge in [-0.05, 0) is 25.1 Å². The molecule has 0 radical (unpaired) electrons. The maximum absolute atomic E-state index is 12.8. The second-order valence-electron chi connectivity index (χ2n) is 4.84. The zero-order valence-corrected chi connectivity index (χ0v) is 13.5. The molecule has 1 aromatic rings. The second kappa shape index (κ2) is 5.86. The highest BCUT2D eigenvalue weighted by Gasteiger charge is 2.35. The molecule has 9 heteroatoms. The minimum absolute atomic E-state index is 0.0821. The Labute approximate surface area is 129 Å². The molecule has 1 aliphatic heterocycles. The lowest BCUT2D eigenvalue weighted by Gasteiger charge is -2.33. The third kappa shape index (κ3) is 3.58. The number of hydrogen-bond donors (Lipinski definition) is 1. The predicted molar refractivity (Wildman–Crippen MR) is 75.4 cm³/mol. The van der Waals surface area contributed by atoms with Crippen molar-refractivity contribution in [1.82, 2.24) is 9.62 Å². The SMILES string of the molecule is CC1CNCCN1S(=O)(=O)c1cc(Br)cc(C(F)(F)F)c1. The van der Waals surface area contributed by atoms with Gasteiger partial charge in [0.25, 0.3) is 0 Å². The number of halogens is 4. The third-order valence-corrected chi connectivity index (χ3v) is 5.69. The summed E-state index contributed by atoms with van der Waals surface area (Å²) in [6.07, 6.45) is -4.59. The first-order chi connectivity index (χ1) is 9.62. The number of benzene rings is 1. The predicted octanol–water partition coefficient (Wildman–Crippen LogP) is 2.45. The van der Waals surface area contributed by atoms with E-state index in [-0.39, 0.29) is 22.0 Å². The minimum atomic E-state index is -4.59. The van der Waals surface area contributed by atoms with Gasteiger partial charge in [-0.2, -0.15) is 17.5 Å². The summed E-state index contributed by atoms with van der Waals surface area (Å²) in [6, 6.07) is 2.42. The van der Waals surface area contributed by atoms with Crippen LogP contribution >= 0.6 is 15.9 Å². The highest BCUT2D eigenvalue weighted by molar-refractivity contribution is 9.10. The Hall–Kier alpha value is -0.640. The van der Waals surface area contributed by atoms with Gasteiger partial charge >= 0.3 is 6.18 Å². The van der Waals surface area contributed by atoms with Crippen LogP contribution in [0.1, 0.15) is 12.5 Å². The smallest absolute Gasteiger partial charge is 0.314 e. The third-order valence-electron chi connectivity index (χ3n) is 3.25. The van der Waals surface area contributed by atoms with Gasteiger partial charge < -0.3 is 5.32 Å². The molecular formula is C12H14BrF3N2O2S. The van der Waals surface area contributed by atoms with Gasteiger partial charge in [0.05, 0.1) is 10.5 Å². The lowest BCUT2D eigenvalue weighted by molar-refractivity contribution is -0.137. The van der Waals surface area contributed by atoms with Gasteiger partial charge in [-0.15, -0.1) is 0 Å². The topological polar surface area (TPSA) is 49.4 Å². The van der Waals surface area contributed by atoms with Crippen LogP contribution in [0.15, 0.2) is 27.6 Å². The average Bonchev–Trinajstić information content (AvgIpc) is 2.37. The number of rotatable bonds is 2. The van der Waals surface area contributed by atoms with Crippen LogP contribution in [0.4, 0.5) is 13.2 Å². The summed E-state index contributed by atoms with van der Waals surface area (Å²) in [5, 5.41) is 3.04. The summed E-state index contributed by atoms with van der Waals surface area (Å²) in [6.45, 7) is 2.90. The molecule has 1 atom stereocenters. The van der Waals surface area contributed by atoms with Crippen molar-refractivity contribution in [2.24, 2.45) is 0 Å². The fourth-order valence-corrected chi connectivity index (χ4v) is 4.54. The van der Waals surface area contributed by atoms with Crippen molar-refractivity contribution in [2.75, 3.05) is 19.6 Å². The van der Waals surface area contributed by atoms with Gasteiger partial charge in [-0.25, -0.2) is 8.42 Å². The van der Waals surface area contributed by atoms with Crippen LogP contribution in [0.3, 0.4) is 0 Å². The summed E-state index contributed by atoms with van der Waals surface area (Å²) in [7, 11) is -3.95. The second-order valence-corrected chi connectivity index (χ2v) is 7.65. The molecule has 1 saturated heterocycles. The van der Waals surface area contributed by atoms with Gasteiger partial charge in [0.2, 0.25) is 10.0 Å². The van der Waals surface area contributed by atoms with Crippen LogP contribution in [0.5, 0.6) is 0 Å². The molecule has 0 bridgehead atoms. The first-order valence-corrected chi connectivity index (χ1v) is 8.46. The fraction of sp³-hybridized carbons (Fsp3) is 0.500. The molecule has 0 aromatic heterocycles. The zero-order chi connectivity index (χ0) is 15.8. The summed E-state index contributed by atoms with van der Waals surface area (Å²) in [4.78, 5) is -0.349. The summed E-state index contributed by atoms with van der Waals surface area (Å²) in [5.41, 5.74) is -0.988. The van der Waals surface area contributed by atoms with E-state index in [0.29, 0.717) is 19.2 Å². The molecule has 0 amide bonds. The molecule has 0 spiro atoms. The molecule has 0 aliphatic carbocycles. The Morgan fingerprint density at radius 2 is 2.00 bits per heavy atom. The van der Waals surface area contributed by atoms with E-state index in [2.05, 4.69) is 21.2 Å². The van der Waals surface area contributed by atoms with E-state index in [1.807, 2.05) is 0 Å². The molecular weight excluding hydrogens is 373 g/mol. The van der Waals surface area contributed by atoms with E-state index >= 15 is 0 Å². The van der Waals surface area contributed by atoms with Crippen LogP contribution in [0.2, 0.25) is 0 Å². The normalized spacial score (nSPS) is 21.5. The zero-order valence-electron chi connectivity index (χ0n) is 11.1. The fourth-order valence-electron chi connectivity index (χ4n) is 2.19. The highest BCUT2D eigenvalue weighted by atomic mass is 79.9. The lowest BCUT2D eigenvalue weighted by Crippen LogP contribution is -2.52. The molecule has 1 fully saturated rings. The maximum atomic E-state index is 12.8. The molecule has 4 nitrogen and oxygen atoms in total. The van der Waals surface area contributed by atoms with Gasteiger partial charge in [0.15, 0.2) is 0 Å². The van der Waals surface area contributed by atoms with Crippen LogP contribution in [-0.4, -0.2) is 38.4 Å². The van der Waals surface area contributed by atoms with Crippen molar-refractivity contribution < 1.29 is 21.6 Å². The molecule has 21 heavy (non-hydrogen) atoms. The van der Waals surface area contributed by atoms with Crippen LogP contribution in [0, 0.1) is 0 Å². The molecule has 1 N–H and O–H groups in total. The number of piperazine rings is 1. The first-order valence-electron chi connectivity index (χ1n) is 6.23. The quantitative estimate of drug-likeness (QED) is 0.849. The van der Waals surface area contributed by atoms with Crippen molar-refractivity contribution >= 4 is 26.0 Å². The number of nitrogens with one attached hydrogen (secondary N) is 1. The molecule has 0 saturated carbocycles. The summed E-state index contributed by atoms with van der Waals surface area (Å²) < 4.78 is 64.8. The van der Waals surface area contributed by atoms with E-state index in [0.717, 1.165) is 6.07 Å². The lowest BCUT2D eigenvalue weighted by atomic mass is 10.2. The van der Waals surface area contributed by atoms with Crippen molar-refractivity contribution in [3.8, 4) is 0 Å². The van der Waals surface area contributed by atoms with Crippen molar-refractivity contribution in [2.45, 2.75) is 24.0 Å². The Morgan fingerprint density at radius 3 is 2.57 bits per heavy atom. The molecule has 1 unspecified atom stereocenters. The molecule has 1 aliphatic rings. The Morgan fingerprint density at radius 1 is 1.33 bits per heavy atom. The van der Waals surface area contributed by atoms with Gasteiger partial charge in [-0.3, -0.25) is 0 Å². The molecule has 118 valence electrons. The number of nitrogens with zero attached hydrogens (tertiary/aromatic N) is 1. The van der Waals surface area contributed by atoms with Gasteiger partial charge in [0.1, 0.15) is 0 Å². The van der Waals surface area contributed by atoms with E-state index in [1.54, 1.807) is 6.92 Å². The minimum Gasteiger partial charge on any atom is -0.314 e. The molecule has 1 aromatic carbocycles. The highest BCUT2D eigenvalue weighted by Crippen LogP contribution is 2.34. The Bertz CT molecular complexity index is 634.